The van der Waals surface area contributed by atoms with E-state index in [9.17, 15) is 0 Å². The normalized spacial score (nSPS) is 18.5. The van der Waals surface area contributed by atoms with E-state index in [2.05, 4.69) is 33.3 Å². The zero-order chi connectivity index (χ0) is 14.7. The Kier molecular flexibility index (Phi) is 4.36. The van der Waals surface area contributed by atoms with Gasteiger partial charge in [0.1, 0.15) is 0 Å². The third-order valence-electron chi connectivity index (χ3n) is 3.92. The van der Waals surface area contributed by atoms with Gasteiger partial charge in [-0.15, -0.1) is 5.10 Å². The maximum atomic E-state index is 5.23. The molecule has 0 aromatic carbocycles. The van der Waals surface area contributed by atoms with Crippen LogP contribution in [0.1, 0.15) is 18.4 Å². The minimum absolute atomic E-state index is 0.523. The second kappa shape index (κ2) is 6.41. The van der Waals surface area contributed by atoms with Gasteiger partial charge in [0, 0.05) is 32.4 Å². The number of aryl methyl sites for hydroxylation is 1. The summed E-state index contributed by atoms with van der Waals surface area (Å²) in [4.78, 5) is 6.86. The van der Waals surface area contributed by atoms with E-state index in [0.29, 0.717) is 12.6 Å². The lowest BCUT2D eigenvalue weighted by Gasteiger charge is -2.24. The maximum Gasteiger partial charge on any atom is 0.245 e. The highest BCUT2D eigenvalue weighted by molar-refractivity contribution is 5.45. The lowest BCUT2D eigenvalue weighted by atomic mass is 10.2. The number of fused-ring (bicyclic) bond motifs is 1. The quantitative estimate of drug-likeness (QED) is 0.867. The molecular formula is C15H23N5O. The van der Waals surface area contributed by atoms with Crippen LogP contribution in [-0.2, 0) is 4.74 Å². The fourth-order valence-electron chi connectivity index (χ4n) is 2.76. The van der Waals surface area contributed by atoms with Crippen LogP contribution in [0.15, 0.2) is 18.3 Å². The molecule has 1 aliphatic rings. The summed E-state index contributed by atoms with van der Waals surface area (Å²) < 4.78 is 7.08. The Morgan fingerprint density at radius 1 is 1.48 bits per heavy atom. The van der Waals surface area contributed by atoms with Gasteiger partial charge in [0.25, 0.3) is 0 Å². The minimum atomic E-state index is 0.523. The van der Waals surface area contributed by atoms with Gasteiger partial charge >= 0.3 is 0 Å². The van der Waals surface area contributed by atoms with Crippen molar-refractivity contribution in [3.8, 4) is 0 Å². The number of hydrogen-bond acceptors (Lipinski definition) is 5. The van der Waals surface area contributed by atoms with Crippen molar-refractivity contribution in [1.82, 2.24) is 19.9 Å². The van der Waals surface area contributed by atoms with Gasteiger partial charge in [-0.25, -0.2) is 4.52 Å². The predicted octanol–water partition coefficient (Wildman–Crippen LogP) is 1.24. The number of ether oxygens (including phenoxy) is 1. The largest absolute Gasteiger partial charge is 0.383 e. The van der Waals surface area contributed by atoms with Gasteiger partial charge in [-0.1, -0.05) is 6.07 Å². The van der Waals surface area contributed by atoms with E-state index in [-0.39, 0.29) is 0 Å². The summed E-state index contributed by atoms with van der Waals surface area (Å²) in [5.41, 5.74) is 2.07. The molecule has 2 aromatic heterocycles. The lowest BCUT2D eigenvalue weighted by molar-refractivity contribution is 0.204. The molecule has 1 unspecified atom stereocenters. The van der Waals surface area contributed by atoms with E-state index in [0.717, 1.165) is 31.2 Å². The number of nitrogens with zero attached hydrogens (tertiary/aromatic N) is 4. The fraction of sp³-hybridized carbons (Fsp3) is 0.600. The van der Waals surface area contributed by atoms with Crippen molar-refractivity contribution >= 4 is 11.6 Å². The first-order valence-electron chi connectivity index (χ1n) is 7.56. The molecule has 0 radical (unpaired) electrons. The van der Waals surface area contributed by atoms with E-state index < -0.39 is 0 Å². The first kappa shape index (κ1) is 14.3. The molecule has 1 saturated heterocycles. The molecule has 1 N–H and O–H groups in total. The van der Waals surface area contributed by atoms with Crippen LogP contribution in [0.25, 0.3) is 5.65 Å². The zero-order valence-electron chi connectivity index (χ0n) is 12.7. The van der Waals surface area contributed by atoms with E-state index >= 15 is 0 Å². The molecule has 0 aliphatic carbocycles. The van der Waals surface area contributed by atoms with Crippen molar-refractivity contribution in [3.63, 3.8) is 0 Å². The predicted molar refractivity (Wildman–Crippen MR) is 82.8 cm³/mol. The summed E-state index contributed by atoms with van der Waals surface area (Å²) in [6.45, 7) is 5.59. The van der Waals surface area contributed by atoms with E-state index in [4.69, 9.17) is 4.74 Å². The highest BCUT2D eigenvalue weighted by Crippen LogP contribution is 2.14. The second-order valence-electron chi connectivity index (χ2n) is 5.65. The number of methoxy groups -OCH3 is 1. The molecule has 6 nitrogen and oxygen atoms in total. The van der Waals surface area contributed by atoms with Gasteiger partial charge < -0.3 is 15.0 Å². The van der Waals surface area contributed by atoms with Gasteiger partial charge in [-0.3, -0.25) is 0 Å². The monoisotopic (exact) mass is 289 g/mol. The molecule has 1 fully saturated rings. The Balaban J connectivity index is 1.81. The molecule has 21 heavy (non-hydrogen) atoms. The Morgan fingerprint density at radius 2 is 2.38 bits per heavy atom. The second-order valence-corrected chi connectivity index (χ2v) is 5.65. The number of aromatic nitrogens is 3. The van der Waals surface area contributed by atoms with Crippen molar-refractivity contribution in [2.75, 3.05) is 38.3 Å². The average Bonchev–Trinajstić information content (AvgIpc) is 3.11. The highest BCUT2D eigenvalue weighted by Gasteiger charge is 2.20. The van der Waals surface area contributed by atoms with Gasteiger partial charge in [0.2, 0.25) is 5.95 Å². The highest BCUT2D eigenvalue weighted by atomic mass is 16.5. The molecular weight excluding hydrogens is 266 g/mol. The average molecular weight is 289 g/mol. The Labute approximate surface area is 125 Å². The van der Waals surface area contributed by atoms with Crippen LogP contribution >= 0.6 is 0 Å². The van der Waals surface area contributed by atoms with Crippen LogP contribution in [0.2, 0.25) is 0 Å². The summed E-state index contributed by atoms with van der Waals surface area (Å²) in [5, 5.41) is 8.15. The molecule has 0 spiro atoms. The summed E-state index contributed by atoms with van der Waals surface area (Å²) in [6.07, 6.45) is 4.48. The van der Waals surface area contributed by atoms with Crippen molar-refractivity contribution in [1.29, 1.82) is 0 Å². The van der Waals surface area contributed by atoms with Crippen LogP contribution in [-0.4, -0.2) is 54.0 Å². The summed E-state index contributed by atoms with van der Waals surface area (Å²) in [5.74, 6) is 0.784. The molecule has 114 valence electrons. The molecule has 0 amide bonds. The molecule has 6 heteroatoms. The van der Waals surface area contributed by atoms with Crippen molar-refractivity contribution in [2.24, 2.45) is 0 Å². The smallest absolute Gasteiger partial charge is 0.245 e. The maximum absolute atomic E-state index is 5.23. The van der Waals surface area contributed by atoms with Crippen molar-refractivity contribution in [3.05, 3.63) is 23.9 Å². The molecule has 3 rings (SSSR count). The number of nitrogens with one attached hydrogen (secondary N) is 1. The standard InChI is InChI=1S/C15H23N5O/c1-12-5-6-14-17-15(18-20(14)10-12)19(8-9-21-2)11-13-4-3-7-16-13/h5-6,10,13,16H,3-4,7-9,11H2,1-2H3. The van der Waals surface area contributed by atoms with Gasteiger partial charge in [-0.2, -0.15) is 4.98 Å². The topological polar surface area (TPSA) is 54.7 Å². The minimum Gasteiger partial charge on any atom is -0.383 e. The Bertz CT molecular complexity index is 591. The SMILES string of the molecule is COCCN(CC1CCCN1)c1nc2ccc(C)cn2n1. The van der Waals surface area contributed by atoms with Crippen LogP contribution < -0.4 is 10.2 Å². The molecule has 2 aromatic rings. The summed E-state index contributed by atoms with van der Waals surface area (Å²) in [6, 6.07) is 4.59. The number of pyridine rings is 1. The first-order chi connectivity index (χ1) is 10.3. The lowest BCUT2D eigenvalue weighted by Crippen LogP contribution is -2.39. The van der Waals surface area contributed by atoms with Gasteiger partial charge in [-0.05, 0) is 37.9 Å². The van der Waals surface area contributed by atoms with E-state index in [1.807, 2.05) is 16.8 Å². The van der Waals surface area contributed by atoms with Crippen LogP contribution in [0.3, 0.4) is 0 Å². The van der Waals surface area contributed by atoms with Crippen molar-refractivity contribution in [2.45, 2.75) is 25.8 Å². The van der Waals surface area contributed by atoms with Crippen LogP contribution in [0.5, 0.6) is 0 Å². The van der Waals surface area contributed by atoms with Crippen molar-refractivity contribution < 1.29 is 4.74 Å². The van der Waals surface area contributed by atoms with E-state index in [1.54, 1.807) is 7.11 Å². The number of anilines is 1. The van der Waals surface area contributed by atoms with Crippen LogP contribution in [0, 0.1) is 6.92 Å². The number of rotatable bonds is 6. The van der Waals surface area contributed by atoms with Gasteiger partial charge in [0.05, 0.1) is 6.61 Å². The first-order valence-corrected chi connectivity index (χ1v) is 7.56. The fourth-order valence-corrected chi connectivity index (χ4v) is 2.76. The van der Waals surface area contributed by atoms with Gasteiger partial charge in [0.15, 0.2) is 5.65 Å². The molecule has 0 bridgehead atoms. The molecule has 1 atom stereocenters. The molecule has 3 heterocycles. The van der Waals surface area contributed by atoms with E-state index in [1.165, 1.54) is 18.4 Å². The summed E-state index contributed by atoms with van der Waals surface area (Å²) in [7, 11) is 1.73. The third kappa shape index (κ3) is 3.33. The Hall–Kier alpha value is -1.66. The molecule has 0 saturated carbocycles. The number of hydrogen-bond donors (Lipinski definition) is 1. The van der Waals surface area contributed by atoms with Crippen LogP contribution in [0.4, 0.5) is 5.95 Å². The summed E-state index contributed by atoms with van der Waals surface area (Å²) >= 11 is 0. The third-order valence-corrected chi connectivity index (χ3v) is 3.92. The Morgan fingerprint density at radius 3 is 3.14 bits per heavy atom. The zero-order valence-corrected chi connectivity index (χ0v) is 12.7. The molecule has 1 aliphatic heterocycles.